The minimum absolute atomic E-state index is 0.273. The van der Waals surface area contributed by atoms with Crippen LogP contribution in [0.15, 0.2) is 78.9 Å². The van der Waals surface area contributed by atoms with Gasteiger partial charge in [0.25, 0.3) is 0 Å². The molecule has 0 unspecified atom stereocenters. The molecule has 4 aromatic carbocycles. The van der Waals surface area contributed by atoms with Gasteiger partial charge in [-0.2, -0.15) is 15.8 Å². The molecule has 0 aliphatic rings. The van der Waals surface area contributed by atoms with E-state index in [2.05, 4.69) is 69.8 Å². The summed E-state index contributed by atoms with van der Waals surface area (Å²) in [6.45, 7) is 23.1. The molecule has 0 aromatic heterocycles. The number of aldehydes is 1. The molecule has 10 heteroatoms. The van der Waals surface area contributed by atoms with Crippen molar-refractivity contribution < 1.29 is 28.5 Å². The van der Waals surface area contributed by atoms with Gasteiger partial charge in [0.1, 0.15) is 35.0 Å². The van der Waals surface area contributed by atoms with Gasteiger partial charge in [0, 0.05) is 22.3 Å². The summed E-state index contributed by atoms with van der Waals surface area (Å²) < 4.78 is 29.9. The summed E-state index contributed by atoms with van der Waals surface area (Å²) in [4.78, 5) is 13.8. The maximum absolute atomic E-state index is 10.3. The van der Waals surface area contributed by atoms with E-state index >= 15 is 0 Å². The summed E-state index contributed by atoms with van der Waals surface area (Å²) in [5.74, 6) is 3.51. The fraction of sp³-hybridized carbons (Fsp3) is 0.616. The highest BCUT2D eigenvalue weighted by atomic mass is 16.5. The minimum Gasteiger partial charge on any atom is -0.497 e. The molecule has 0 heterocycles. The molecule has 0 saturated heterocycles. The Bertz CT molecular complexity index is 2760. The SMILES string of the molecule is C/C=C(\C#N)c1cc(OCCCCCCCCCCCC)c(/C(C#N)=C/c2ccc(C)cc2)cc1OCCCCCCCCCCCC.COc1ccc(C=O)cc1.[C-]#[N+]Cc1cc(OCCCCCCCCCCCC)c(CC#N)cc1OCCCCCCCCCCCC. The second-order valence-corrected chi connectivity index (χ2v) is 26.0. The topological polar surface area (TPSA) is 139 Å². The van der Waals surface area contributed by atoms with Crippen LogP contribution in [0, 0.1) is 47.5 Å². The molecule has 96 heavy (non-hydrogen) atoms. The van der Waals surface area contributed by atoms with Gasteiger partial charge in [-0.05, 0) is 99.7 Å². The number of nitrogens with zero attached hydrogens (tertiary/aromatic N) is 4. The van der Waals surface area contributed by atoms with Crippen molar-refractivity contribution in [1.29, 1.82) is 15.8 Å². The summed E-state index contributed by atoms with van der Waals surface area (Å²) in [7, 11) is 1.59. The number of nitriles is 3. The number of ether oxygens (including phenoxy) is 5. The van der Waals surface area contributed by atoms with Crippen LogP contribution in [0.1, 0.15) is 335 Å². The van der Waals surface area contributed by atoms with E-state index in [1.54, 1.807) is 31.4 Å². The van der Waals surface area contributed by atoms with Crippen molar-refractivity contribution in [3.05, 3.63) is 129 Å². The lowest BCUT2D eigenvalue weighted by Gasteiger charge is -2.18. The number of rotatable bonds is 55. The number of carbonyl (C=O) groups is 1. The van der Waals surface area contributed by atoms with Crippen molar-refractivity contribution in [3.8, 4) is 47.0 Å². The molecular formula is C86H128N4O6. The third kappa shape index (κ3) is 41.2. The molecule has 0 aliphatic heterocycles. The van der Waals surface area contributed by atoms with Crippen molar-refractivity contribution in [2.45, 2.75) is 311 Å². The first kappa shape index (κ1) is 85.1. The van der Waals surface area contributed by atoms with Crippen LogP contribution in [-0.4, -0.2) is 39.8 Å². The Morgan fingerprint density at radius 3 is 1.07 bits per heavy atom. The van der Waals surface area contributed by atoms with E-state index in [0.29, 0.717) is 66.6 Å². The van der Waals surface area contributed by atoms with Crippen molar-refractivity contribution in [3.63, 3.8) is 0 Å². The second-order valence-electron chi connectivity index (χ2n) is 26.0. The molecule has 0 radical (unpaired) electrons. The zero-order valence-corrected chi connectivity index (χ0v) is 61.4. The summed E-state index contributed by atoms with van der Waals surface area (Å²) in [5.41, 5.74) is 7.03. The lowest BCUT2D eigenvalue weighted by molar-refractivity contribution is 0.112. The van der Waals surface area contributed by atoms with Crippen LogP contribution in [0.2, 0.25) is 0 Å². The average molecular weight is 1310 g/mol. The van der Waals surface area contributed by atoms with Crippen LogP contribution in [-0.2, 0) is 13.0 Å². The van der Waals surface area contributed by atoms with Crippen molar-refractivity contribution >= 4 is 23.5 Å². The smallest absolute Gasteiger partial charge is 0.243 e. The third-order valence-corrected chi connectivity index (χ3v) is 17.6. The first-order valence-corrected chi connectivity index (χ1v) is 38.1. The molecule has 10 nitrogen and oxygen atoms in total. The first-order valence-electron chi connectivity index (χ1n) is 38.1. The highest BCUT2D eigenvalue weighted by molar-refractivity contribution is 5.93. The molecule has 0 fully saturated rings. The highest BCUT2D eigenvalue weighted by Crippen LogP contribution is 2.38. The van der Waals surface area contributed by atoms with Crippen LogP contribution < -0.4 is 23.7 Å². The van der Waals surface area contributed by atoms with Gasteiger partial charge in [0.15, 0.2) is 0 Å². The van der Waals surface area contributed by atoms with Crippen LogP contribution in [0.4, 0.5) is 0 Å². The minimum atomic E-state index is 0.273. The molecule has 0 saturated carbocycles. The standard InChI is InChI=1S/C44H64N2O2.C34H56N2O2.C8H8O2/c1-5-8-10-12-14-16-18-20-22-24-30-47-43-34-42(40(36-46)32-38-28-26-37(4)27-29-38)44(33-41(43)39(7-3)35-45)48-31-25-23-21-19-17-15-13-11-9-6-2;1-4-6-8-10-12-14-16-18-20-22-26-37-33-29-32(30-36-3)34(28-31(33)24-25-35)38-27-23-21-19-17-15-13-11-9-7-5-2;1-10-8-4-2-7(6-9)3-5-8/h7,26-29,32-34H,5-6,8-25,30-31H2,1-4H3;28-29H,4-24,26-27,30H2,1-2H3;2-6H,1H3/b39-7+,40-32+;;. The Balaban J connectivity index is 0.000000580. The number of hydrogen-bond donors (Lipinski definition) is 0. The number of allylic oxidation sites excluding steroid dienone is 3. The van der Waals surface area contributed by atoms with Gasteiger partial charge in [0.2, 0.25) is 6.54 Å². The normalized spacial score (nSPS) is 11.0. The molecular weight excluding hydrogens is 1180 g/mol. The van der Waals surface area contributed by atoms with Gasteiger partial charge < -0.3 is 28.5 Å². The summed E-state index contributed by atoms with van der Waals surface area (Å²) in [5, 5.41) is 29.7. The molecule has 4 aromatic rings. The molecule has 0 bridgehead atoms. The largest absolute Gasteiger partial charge is 0.497 e. The quantitative estimate of drug-likeness (QED) is 0.0139. The molecule has 0 atom stereocenters. The molecule has 528 valence electrons. The fourth-order valence-electron chi connectivity index (χ4n) is 11.6. The predicted octanol–water partition coefficient (Wildman–Crippen LogP) is 25.9. The second kappa shape index (κ2) is 60.4. The number of unbranched alkanes of at least 4 members (excludes halogenated alkanes) is 36. The van der Waals surface area contributed by atoms with E-state index in [1.807, 2.05) is 55.5 Å². The Hall–Kier alpha value is -7.01. The number of carbonyl (C=O) groups excluding carboxylic acids is 1. The van der Waals surface area contributed by atoms with Crippen molar-refractivity contribution in [2.24, 2.45) is 0 Å². The van der Waals surface area contributed by atoms with E-state index < -0.39 is 0 Å². The van der Waals surface area contributed by atoms with Crippen LogP contribution in [0.25, 0.3) is 22.1 Å². The van der Waals surface area contributed by atoms with Crippen LogP contribution in [0.5, 0.6) is 28.7 Å². The number of hydrogen-bond acceptors (Lipinski definition) is 9. The Morgan fingerprint density at radius 1 is 0.427 bits per heavy atom. The number of aryl methyl sites for hydroxylation is 1. The van der Waals surface area contributed by atoms with Crippen LogP contribution in [0.3, 0.4) is 0 Å². The van der Waals surface area contributed by atoms with Crippen molar-refractivity contribution in [1.82, 2.24) is 0 Å². The van der Waals surface area contributed by atoms with Gasteiger partial charge in [-0.3, -0.25) is 4.79 Å². The van der Waals surface area contributed by atoms with Gasteiger partial charge >= 0.3 is 0 Å². The maximum atomic E-state index is 10.3. The zero-order valence-electron chi connectivity index (χ0n) is 61.4. The molecule has 0 amide bonds. The fourth-order valence-corrected chi connectivity index (χ4v) is 11.6. The summed E-state index contributed by atoms with van der Waals surface area (Å²) in [6.07, 6.45) is 55.9. The lowest BCUT2D eigenvalue weighted by Crippen LogP contribution is -2.05. The van der Waals surface area contributed by atoms with Gasteiger partial charge in [-0.15, -0.1) is 0 Å². The molecule has 0 aliphatic carbocycles. The number of benzene rings is 4. The van der Waals surface area contributed by atoms with E-state index in [4.69, 9.17) is 30.3 Å². The number of methoxy groups -OCH3 is 1. The van der Waals surface area contributed by atoms with E-state index in [-0.39, 0.29) is 6.54 Å². The Kier molecular flexibility index (Phi) is 53.5. The maximum Gasteiger partial charge on any atom is 0.243 e. The van der Waals surface area contributed by atoms with Gasteiger partial charge in [0.05, 0.1) is 74.9 Å². The Labute approximate surface area is 585 Å². The van der Waals surface area contributed by atoms with Crippen LogP contribution >= 0.6 is 0 Å². The Morgan fingerprint density at radius 2 is 0.750 bits per heavy atom. The summed E-state index contributed by atoms with van der Waals surface area (Å²) in [6, 6.07) is 29.8. The first-order chi connectivity index (χ1) is 47.2. The predicted molar refractivity (Wildman–Crippen MR) is 404 cm³/mol. The van der Waals surface area contributed by atoms with E-state index in [1.165, 1.54) is 224 Å². The average Bonchev–Trinajstić information content (AvgIpc) is 0.819. The molecule has 0 N–H and O–H groups in total. The third-order valence-electron chi connectivity index (χ3n) is 17.6. The molecule has 0 spiro atoms. The van der Waals surface area contributed by atoms with E-state index in [0.717, 1.165) is 84.3 Å². The van der Waals surface area contributed by atoms with Gasteiger partial charge in [-0.25, -0.2) is 6.57 Å². The molecule has 4 rings (SSSR count). The van der Waals surface area contributed by atoms with Gasteiger partial charge in [-0.1, -0.05) is 295 Å². The van der Waals surface area contributed by atoms with E-state index in [9.17, 15) is 20.6 Å². The monoisotopic (exact) mass is 1310 g/mol. The van der Waals surface area contributed by atoms with Crippen molar-refractivity contribution in [2.75, 3.05) is 33.5 Å². The summed E-state index contributed by atoms with van der Waals surface area (Å²) >= 11 is 0. The lowest BCUT2D eigenvalue weighted by atomic mass is 9.97. The highest BCUT2D eigenvalue weighted by Gasteiger charge is 2.19. The zero-order chi connectivity index (χ0) is 69.6.